The number of Topliss-reactive ketones (excluding diaryl/α,β-unsaturated/α-hetero) is 1. The first-order valence-electron chi connectivity index (χ1n) is 8.82. The Bertz CT molecular complexity index is 846. The van der Waals surface area contributed by atoms with Gasteiger partial charge in [-0.15, -0.1) is 0 Å². The van der Waals surface area contributed by atoms with E-state index in [1.807, 2.05) is 38.3 Å². The average molecular weight is 418 g/mol. The fraction of sp³-hybridized carbons (Fsp3) is 0.318. The summed E-state index contributed by atoms with van der Waals surface area (Å²) in [5.41, 5.74) is 5.15. The minimum absolute atomic E-state index is 0.0301. The summed E-state index contributed by atoms with van der Waals surface area (Å²) in [5, 5.41) is 0. The summed E-state index contributed by atoms with van der Waals surface area (Å²) in [4.78, 5) is 14.0. The Morgan fingerprint density at radius 2 is 1.92 bits per heavy atom. The molecule has 1 heterocycles. The zero-order valence-electron chi connectivity index (χ0n) is 16.0. The van der Waals surface area contributed by atoms with Crippen molar-refractivity contribution in [1.82, 2.24) is 4.90 Å². The van der Waals surface area contributed by atoms with Gasteiger partial charge in [-0.05, 0) is 62.6 Å². The molecule has 1 aliphatic rings. The smallest absolute Gasteiger partial charge is 0.159 e. The molecule has 1 aliphatic heterocycles. The lowest BCUT2D eigenvalue weighted by molar-refractivity contribution is -0.113. The van der Waals surface area contributed by atoms with E-state index in [-0.39, 0.29) is 11.6 Å². The molecule has 0 N–H and O–H groups in total. The van der Waals surface area contributed by atoms with Crippen LogP contribution in [-0.2, 0) is 4.79 Å². The van der Waals surface area contributed by atoms with Gasteiger partial charge in [0.15, 0.2) is 5.78 Å². The molecule has 0 bridgehead atoms. The molecule has 4 heteroatoms. The van der Waals surface area contributed by atoms with Crippen LogP contribution in [0.2, 0.25) is 0 Å². The molecule has 0 fully saturated rings. The highest BCUT2D eigenvalue weighted by Crippen LogP contribution is 2.31. The fourth-order valence-electron chi connectivity index (χ4n) is 2.90. The van der Waals surface area contributed by atoms with Crippen LogP contribution < -0.4 is 0 Å². The van der Waals surface area contributed by atoms with Crippen LogP contribution >= 0.6 is 15.9 Å². The molecule has 0 atom stereocenters. The Morgan fingerprint density at radius 3 is 2.46 bits per heavy atom. The van der Waals surface area contributed by atoms with Crippen LogP contribution in [0.3, 0.4) is 0 Å². The summed E-state index contributed by atoms with van der Waals surface area (Å²) in [6.07, 6.45) is 7.42. The molecule has 0 aliphatic carbocycles. The van der Waals surface area contributed by atoms with Crippen LogP contribution in [0, 0.1) is 5.82 Å². The van der Waals surface area contributed by atoms with Crippen LogP contribution in [0.4, 0.5) is 4.39 Å². The van der Waals surface area contributed by atoms with Gasteiger partial charge in [-0.1, -0.05) is 41.4 Å². The molecule has 26 heavy (non-hydrogen) atoms. The largest absolute Gasteiger partial charge is 0.348 e. The van der Waals surface area contributed by atoms with Crippen molar-refractivity contribution in [2.45, 2.75) is 40.5 Å². The van der Waals surface area contributed by atoms with Crippen molar-refractivity contribution >= 4 is 27.3 Å². The summed E-state index contributed by atoms with van der Waals surface area (Å²) >= 11 is 3.31. The van der Waals surface area contributed by atoms with Gasteiger partial charge in [-0.3, -0.25) is 4.79 Å². The van der Waals surface area contributed by atoms with E-state index in [1.54, 1.807) is 13.0 Å². The first-order valence-corrected chi connectivity index (χ1v) is 9.61. The summed E-state index contributed by atoms with van der Waals surface area (Å²) in [6, 6.07) is 5.12. The van der Waals surface area contributed by atoms with Gasteiger partial charge in [-0.2, -0.15) is 0 Å². The van der Waals surface area contributed by atoms with Gasteiger partial charge in [0.25, 0.3) is 0 Å². The number of likely N-dealkylation sites (N-methyl/N-ethyl adjacent to an activating group) is 1. The minimum atomic E-state index is -0.264. The van der Waals surface area contributed by atoms with E-state index in [9.17, 15) is 9.18 Å². The highest BCUT2D eigenvalue weighted by molar-refractivity contribution is 9.10. The molecule has 138 valence electrons. The number of hydrogen-bond donors (Lipinski definition) is 0. The van der Waals surface area contributed by atoms with Gasteiger partial charge in [-0.25, -0.2) is 4.39 Å². The Hall–Kier alpha value is -1.94. The maximum atomic E-state index is 14.6. The van der Waals surface area contributed by atoms with Gasteiger partial charge >= 0.3 is 0 Å². The lowest BCUT2D eigenvalue weighted by atomic mass is 9.95. The summed E-state index contributed by atoms with van der Waals surface area (Å²) in [7, 11) is 1.98. The van der Waals surface area contributed by atoms with Crippen LogP contribution in [0.25, 0.3) is 5.57 Å². The third-order valence-corrected chi connectivity index (χ3v) is 5.21. The van der Waals surface area contributed by atoms with Crippen molar-refractivity contribution in [1.29, 1.82) is 0 Å². The molecule has 0 saturated carbocycles. The summed E-state index contributed by atoms with van der Waals surface area (Å²) in [6.45, 7) is 7.71. The van der Waals surface area contributed by atoms with Crippen LogP contribution in [0.15, 0.2) is 63.4 Å². The van der Waals surface area contributed by atoms with Crippen LogP contribution in [0.1, 0.15) is 46.1 Å². The molecule has 0 saturated heterocycles. The Kier molecular flexibility index (Phi) is 6.76. The average Bonchev–Trinajstić information content (AvgIpc) is 2.60. The van der Waals surface area contributed by atoms with Crippen molar-refractivity contribution in [3.8, 4) is 0 Å². The van der Waals surface area contributed by atoms with Gasteiger partial charge < -0.3 is 4.90 Å². The maximum absolute atomic E-state index is 14.6. The molecular weight excluding hydrogens is 393 g/mol. The molecule has 0 unspecified atom stereocenters. The van der Waals surface area contributed by atoms with Crippen molar-refractivity contribution in [2.75, 3.05) is 7.05 Å². The van der Waals surface area contributed by atoms with E-state index < -0.39 is 0 Å². The number of allylic oxidation sites excluding steroid dienone is 7. The number of carbonyl (C=O) groups excluding carboxylic acids is 1. The topological polar surface area (TPSA) is 20.3 Å². The predicted octanol–water partition coefficient (Wildman–Crippen LogP) is 6.41. The highest BCUT2D eigenvalue weighted by atomic mass is 79.9. The van der Waals surface area contributed by atoms with E-state index in [1.165, 1.54) is 6.07 Å². The normalized spacial score (nSPS) is 17.0. The Labute approximate surface area is 163 Å². The maximum Gasteiger partial charge on any atom is 0.159 e. The number of rotatable bonds is 5. The number of ketones is 1. The molecule has 0 radical (unpaired) electrons. The van der Waals surface area contributed by atoms with Crippen molar-refractivity contribution in [3.63, 3.8) is 0 Å². The second-order valence-electron chi connectivity index (χ2n) is 6.45. The number of benzene rings is 1. The zero-order valence-corrected chi connectivity index (χ0v) is 17.6. The van der Waals surface area contributed by atoms with Crippen molar-refractivity contribution in [2.24, 2.45) is 0 Å². The quantitative estimate of drug-likeness (QED) is 0.551. The van der Waals surface area contributed by atoms with Gasteiger partial charge in [0.05, 0.1) is 0 Å². The summed E-state index contributed by atoms with van der Waals surface area (Å²) < 4.78 is 15.3. The lowest BCUT2D eigenvalue weighted by Crippen LogP contribution is -2.20. The van der Waals surface area contributed by atoms with Crippen molar-refractivity contribution in [3.05, 3.63) is 74.8 Å². The third kappa shape index (κ3) is 4.42. The summed E-state index contributed by atoms with van der Waals surface area (Å²) in [5.74, 6) is -0.234. The zero-order chi connectivity index (χ0) is 19.4. The molecule has 2 nitrogen and oxygen atoms in total. The van der Waals surface area contributed by atoms with Crippen molar-refractivity contribution < 1.29 is 9.18 Å². The molecule has 0 amide bonds. The number of hydrogen-bond acceptors (Lipinski definition) is 2. The van der Waals surface area contributed by atoms with E-state index in [4.69, 9.17) is 0 Å². The predicted molar refractivity (Wildman–Crippen MR) is 110 cm³/mol. The highest BCUT2D eigenvalue weighted by Gasteiger charge is 2.18. The molecule has 1 aromatic carbocycles. The van der Waals surface area contributed by atoms with E-state index in [0.29, 0.717) is 15.6 Å². The monoisotopic (exact) mass is 417 g/mol. The first-order chi connectivity index (χ1) is 12.3. The fourth-order valence-corrected chi connectivity index (χ4v) is 3.23. The molecule has 0 spiro atoms. The van der Waals surface area contributed by atoms with E-state index >= 15 is 0 Å². The SMILES string of the molecule is CCC1=CC(C(C)=O)=C/C(=C/C(=C(/C)CC)c2ccc(Br)cc2F)N1C. The minimum Gasteiger partial charge on any atom is -0.348 e. The van der Waals surface area contributed by atoms with E-state index in [0.717, 1.165) is 35.4 Å². The molecule has 0 aromatic heterocycles. The van der Waals surface area contributed by atoms with Gasteiger partial charge in [0.2, 0.25) is 0 Å². The first kappa shape index (κ1) is 20.4. The van der Waals surface area contributed by atoms with Gasteiger partial charge in [0.1, 0.15) is 5.82 Å². The molecular formula is C22H25BrFNO. The number of carbonyl (C=O) groups is 1. The Balaban J connectivity index is 2.64. The Morgan fingerprint density at radius 1 is 1.23 bits per heavy atom. The lowest BCUT2D eigenvalue weighted by Gasteiger charge is -2.28. The second kappa shape index (κ2) is 8.63. The standard InChI is InChI=1S/C22H25BrFNO/c1-6-14(3)21(20-9-8-17(23)12-22(20)24)13-19-11-16(15(4)26)10-18(7-2)25(19)5/h8-13H,6-7H2,1-5H3/b19-13-,21-14+. The second-order valence-corrected chi connectivity index (χ2v) is 7.36. The number of nitrogens with zero attached hydrogens (tertiary/aromatic N) is 1. The molecule has 2 rings (SSSR count). The third-order valence-electron chi connectivity index (χ3n) is 4.72. The van der Waals surface area contributed by atoms with E-state index in [2.05, 4.69) is 34.7 Å². The van der Waals surface area contributed by atoms with Gasteiger partial charge in [0, 0.05) is 34.1 Å². The van der Waals surface area contributed by atoms with Crippen LogP contribution in [-0.4, -0.2) is 17.7 Å². The number of halogens is 2. The van der Waals surface area contributed by atoms with Crippen LogP contribution in [0.5, 0.6) is 0 Å². The molecule has 1 aromatic rings.